The Hall–Kier alpha value is -1.86. The van der Waals surface area contributed by atoms with Crippen molar-refractivity contribution in [2.45, 2.75) is 6.43 Å². The van der Waals surface area contributed by atoms with E-state index >= 15 is 0 Å². The minimum atomic E-state index is -2.55. The van der Waals surface area contributed by atoms with Gasteiger partial charge in [0.2, 0.25) is 11.9 Å². The summed E-state index contributed by atoms with van der Waals surface area (Å²) in [6.45, 7) is 0.0593. The zero-order chi connectivity index (χ0) is 13.1. The molecule has 1 N–H and O–H groups in total. The van der Waals surface area contributed by atoms with Crippen LogP contribution in [0.2, 0.25) is 0 Å². The van der Waals surface area contributed by atoms with Crippen molar-refractivity contribution in [3.8, 4) is 0 Å². The van der Waals surface area contributed by atoms with Crippen LogP contribution >= 0.6 is 0 Å². The molecule has 0 unspecified atom stereocenters. The van der Waals surface area contributed by atoms with Crippen LogP contribution in [0, 0.1) is 11.7 Å². The van der Waals surface area contributed by atoms with Gasteiger partial charge in [0.25, 0.3) is 6.43 Å². The van der Waals surface area contributed by atoms with Crippen molar-refractivity contribution in [2.24, 2.45) is 5.92 Å². The number of anilines is 1. The lowest BCUT2D eigenvalue weighted by molar-refractivity contribution is -0.126. The maximum atomic E-state index is 12.6. The van der Waals surface area contributed by atoms with Crippen LogP contribution in [0.25, 0.3) is 0 Å². The summed E-state index contributed by atoms with van der Waals surface area (Å²) < 4.78 is 36.3. The molecule has 1 aliphatic rings. The van der Waals surface area contributed by atoms with E-state index in [4.69, 9.17) is 0 Å². The summed E-state index contributed by atoms with van der Waals surface area (Å²) >= 11 is 0. The number of rotatable bonds is 4. The largest absolute Gasteiger partial charge is 0.350 e. The minimum absolute atomic E-state index is 0.328. The van der Waals surface area contributed by atoms with E-state index in [1.165, 1.54) is 0 Å². The molecule has 1 saturated heterocycles. The number of carbonyl (C=O) groups excluding carboxylic acids is 1. The van der Waals surface area contributed by atoms with Gasteiger partial charge in [-0.2, -0.15) is 0 Å². The molecule has 1 fully saturated rings. The van der Waals surface area contributed by atoms with Crippen LogP contribution < -0.4 is 10.2 Å². The maximum absolute atomic E-state index is 12.6. The van der Waals surface area contributed by atoms with Crippen LogP contribution in [0.4, 0.5) is 19.1 Å². The third-order valence-electron chi connectivity index (χ3n) is 2.57. The van der Waals surface area contributed by atoms with Gasteiger partial charge in [0.1, 0.15) is 0 Å². The Balaban J connectivity index is 1.79. The number of hydrogen-bond donors (Lipinski definition) is 1. The molecule has 8 heteroatoms. The topological polar surface area (TPSA) is 58.1 Å². The van der Waals surface area contributed by atoms with Gasteiger partial charge >= 0.3 is 0 Å². The quantitative estimate of drug-likeness (QED) is 0.853. The summed E-state index contributed by atoms with van der Waals surface area (Å²) in [6, 6.07) is 0. The maximum Gasteiger partial charge on any atom is 0.255 e. The summed E-state index contributed by atoms with van der Waals surface area (Å²) in [5.74, 6) is -0.967. The molecule has 1 aromatic heterocycles. The molecule has 1 aliphatic heterocycles. The summed E-state index contributed by atoms with van der Waals surface area (Å²) in [4.78, 5) is 20.6. The number of aromatic nitrogens is 2. The van der Waals surface area contributed by atoms with Crippen LogP contribution in [-0.2, 0) is 4.79 Å². The number of amides is 1. The Morgan fingerprint density at radius 3 is 2.61 bits per heavy atom. The zero-order valence-corrected chi connectivity index (χ0v) is 9.31. The fourth-order valence-electron chi connectivity index (χ4n) is 1.60. The number of carbonyl (C=O) groups is 1. The Kier molecular flexibility index (Phi) is 3.63. The van der Waals surface area contributed by atoms with E-state index in [-0.39, 0.29) is 5.92 Å². The third-order valence-corrected chi connectivity index (χ3v) is 2.57. The Morgan fingerprint density at radius 1 is 1.44 bits per heavy atom. The van der Waals surface area contributed by atoms with E-state index in [2.05, 4.69) is 15.3 Å². The van der Waals surface area contributed by atoms with E-state index in [1.807, 2.05) is 0 Å². The molecule has 1 amide bonds. The highest BCUT2D eigenvalue weighted by atomic mass is 19.3. The van der Waals surface area contributed by atoms with Gasteiger partial charge in [0.05, 0.1) is 24.9 Å². The normalized spacial score (nSPS) is 15.7. The van der Waals surface area contributed by atoms with Crippen molar-refractivity contribution in [1.29, 1.82) is 0 Å². The molecule has 0 aromatic carbocycles. The van der Waals surface area contributed by atoms with Crippen LogP contribution in [0.15, 0.2) is 12.4 Å². The highest BCUT2D eigenvalue weighted by Crippen LogP contribution is 2.20. The Bertz CT molecular complexity index is 420. The molecule has 5 nitrogen and oxygen atoms in total. The average molecular weight is 260 g/mol. The molecule has 0 saturated carbocycles. The molecule has 0 bridgehead atoms. The summed E-state index contributed by atoms with van der Waals surface area (Å²) in [7, 11) is 0. The summed E-state index contributed by atoms with van der Waals surface area (Å²) in [5, 5.41) is 2.15. The van der Waals surface area contributed by atoms with Gasteiger partial charge in [-0.15, -0.1) is 0 Å². The predicted molar refractivity (Wildman–Crippen MR) is 56.7 cm³/mol. The fourth-order valence-corrected chi connectivity index (χ4v) is 1.60. The van der Waals surface area contributed by atoms with Gasteiger partial charge in [-0.3, -0.25) is 4.79 Å². The van der Waals surface area contributed by atoms with Crippen molar-refractivity contribution in [3.05, 3.63) is 18.2 Å². The molecule has 2 rings (SSSR count). The van der Waals surface area contributed by atoms with Crippen molar-refractivity contribution < 1.29 is 18.0 Å². The zero-order valence-electron chi connectivity index (χ0n) is 9.31. The number of nitrogens with zero attached hydrogens (tertiary/aromatic N) is 3. The molecule has 2 heterocycles. The molecule has 0 spiro atoms. The van der Waals surface area contributed by atoms with E-state index in [0.717, 1.165) is 12.4 Å². The monoisotopic (exact) mass is 260 g/mol. The molecule has 18 heavy (non-hydrogen) atoms. The SMILES string of the molecule is O=C(NCC(F)F)C1CN(c2ncc(F)cn2)C1. The first-order valence-electron chi connectivity index (χ1n) is 5.34. The minimum Gasteiger partial charge on any atom is -0.350 e. The van der Waals surface area contributed by atoms with Crippen LogP contribution in [0.3, 0.4) is 0 Å². The lowest BCUT2D eigenvalue weighted by Gasteiger charge is -2.37. The molecule has 0 radical (unpaired) electrons. The Labute approximate surface area is 101 Å². The van der Waals surface area contributed by atoms with E-state index < -0.39 is 24.7 Å². The van der Waals surface area contributed by atoms with Crippen molar-refractivity contribution in [1.82, 2.24) is 15.3 Å². The molecule has 0 aliphatic carbocycles. The van der Waals surface area contributed by atoms with Crippen molar-refractivity contribution >= 4 is 11.9 Å². The number of alkyl halides is 2. The van der Waals surface area contributed by atoms with E-state index in [0.29, 0.717) is 19.0 Å². The first kappa shape index (κ1) is 12.6. The third kappa shape index (κ3) is 2.88. The second kappa shape index (κ2) is 5.19. The molecule has 1 aromatic rings. The second-order valence-electron chi connectivity index (χ2n) is 3.94. The fraction of sp³-hybridized carbons (Fsp3) is 0.500. The molecular formula is C10H11F3N4O. The van der Waals surface area contributed by atoms with Crippen LogP contribution in [0.5, 0.6) is 0 Å². The second-order valence-corrected chi connectivity index (χ2v) is 3.94. The first-order valence-corrected chi connectivity index (χ1v) is 5.34. The van der Waals surface area contributed by atoms with Crippen LogP contribution in [0.1, 0.15) is 0 Å². The van der Waals surface area contributed by atoms with Crippen LogP contribution in [-0.4, -0.2) is 41.9 Å². The first-order chi connectivity index (χ1) is 8.56. The van der Waals surface area contributed by atoms with E-state index in [9.17, 15) is 18.0 Å². The predicted octanol–water partition coefficient (Wildman–Crippen LogP) is 0.433. The lowest BCUT2D eigenvalue weighted by atomic mass is 10.00. The highest BCUT2D eigenvalue weighted by molar-refractivity contribution is 5.81. The Morgan fingerprint density at radius 2 is 2.06 bits per heavy atom. The van der Waals surface area contributed by atoms with Crippen molar-refractivity contribution in [3.63, 3.8) is 0 Å². The van der Waals surface area contributed by atoms with Gasteiger partial charge in [-0.05, 0) is 0 Å². The standard InChI is InChI=1S/C10H11F3N4O/c11-7-1-15-10(16-2-7)17-4-6(5-17)9(18)14-3-8(12)13/h1-2,6,8H,3-5H2,(H,14,18). The molecule has 0 atom stereocenters. The van der Waals surface area contributed by atoms with Gasteiger partial charge in [-0.25, -0.2) is 23.1 Å². The summed E-state index contributed by atoms with van der Waals surface area (Å²) in [5.41, 5.74) is 0. The average Bonchev–Trinajstić information content (AvgIpc) is 2.27. The summed E-state index contributed by atoms with van der Waals surface area (Å²) in [6.07, 6.45) is -0.482. The van der Waals surface area contributed by atoms with Gasteiger partial charge in [0.15, 0.2) is 5.82 Å². The highest BCUT2D eigenvalue weighted by Gasteiger charge is 2.34. The lowest BCUT2D eigenvalue weighted by Crippen LogP contribution is -2.54. The van der Waals surface area contributed by atoms with E-state index in [1.54, 1.807) is 4.90 Å². The number of nitrogens with one attached hydrogen (secondary N) is 1. The molecule has 98 valence electrons. The smallest absolute Gasteiger partial charge is 0.255 e. The number of hydrogen-bond acceptors (Lipinski definition) is 4. The molecular weight excluding hydrogens is 249 g/mol. The number of halogens is 3. The van der Waals surface area contributed by atoms with Gasteiger partial charge in [0, 0.05) is 13.1 Å². The van der Waals surface area contributed by atoms with Gasteiger partial charge in [-0.1, -0.05) is 0 Å². The van der Waals surface area contributed by atoms with Crippen molar-refractivity contribution in [2.75, 3.05) is 24.5 Å². The van der Waals surface area contributed by atoms with Gasteiger partial charge < -0.3 is 10.2 Å².